The number of rotatable bonds is 15. The number of aliphatic hydroxyl groups excluding tert-OH is 4. The number of carbonyl (C=O) groups is 2. The van der Waals surface area contributed by atoms with Crippen LogP contribution in [0.4, 0.5) is 0 Å². The molecule has 3 saturated carbocycles. The molecule has 0 radical (unpaired) electrons. The number of hydrogen-bond donors (Lipinski definition) is 10. The zero-order valence-corrected chi connectivity index (χ0v) is 44.4. The van der Waals surface area contributed by atoms with Crippen molar-refractivity contribution in [3.8, 4) is 23.3 Å². The Hall–Kier alpha value is -5.46. The maximum Gasteiger partial charge on any atom is 0.160 e. The van der Waals surface area contributed by atoms with Gasteiger partial charge in [-0.1, -0.05) is 68.2 Å². The molecule has 1 spiro atoms. The molecule has 3 heterocycles. The van der Waals surface area contributed by atoms with Crippen LogP contribution in [0.15, 0.2) is 89.9 Å². The number of hydrogen-bond acceptors (Lipinski definition) is 12. The number of allylic oxidation sites excluding steroid dienone is 2. The summed E-state index contributed by atoms with van der Waals surface area (Å²) in [5, 5.41) is 72.7. The number of piperidine rings is 1. The van der Waals surface area contributed by atoms with Crippen LogP contribution >= 0.6 is 0 Å². The molecule has 7 aliphatic rings. The van der Waals surface area contributed by atoms with Crippen molar-refractivity contribution >= 4 is 22.3 Å². The van der Waals surface area contributed by atoms with Crippen molar-refractivity contribution in [2.75, 3.05) is 39.9 Å². The number of aliphatic hydroxyl groups is 4. The van der Waals surface area contributed by atoms with Gasteiger partial charge in [0.25, 0.3) is 0 Å². The molecule has 404 valence electrons. The largest absolute Gasteiger partial charge is 0.504 e. The second kappa shape index (κ2) is 21.8. The number of aromatic nitrogens is 1. The predicted octanol–water partition coefficient (Wildman–Crippen LogP) is 6.95. The smallest absolute Gasteiger partial charge is 0.160 e. The molecule has 13 heteroatoms. The summed E-state index contributed by atoms with van der Waals surface area (Å²) in [7, 11) is 1.49. The van der Waals surface area contributed by atoms with Gasteiger partial charge in [0, 0.05) is 68.1 Å². The maximum absolute atomic E-state index is 15.0. The van der Waals surface area contributed by atoms with E-state index < -0.39 is 29.6 Å². The number of aromatic hydroxyl groups is 1. The number of phenols is 1. The number of phenolic OH excluding ortho intramolecular Hbond substituents is 1. The predicted molar refractivity (Wildman–Crippen MR) is 293 cm³/mol. The number of carbonyl (C=O) groups excluding carboxylic acids is 2. The Labute approximate surface area is 447 Å². The van der Waals surface area contributed by atoms with Gasteiger partial charge >= 0.3 is 0 Å². The van der Waals surface area contributed by atoms with E-state index in [2.05, 4.69) is 89.2 Å². The van der Waals surface area contributed by atoms with E-state index in [1.165, 1.54) is 23.9 Å². The van der Waals surface area contributed by atoms with Gasteiger partial charge in [-0.2, -0.15) is 0 Å². The second-order valence-electron chi connectivity index (χ2n) is 23.6. The van der Waals surface area contributed by atoms with Gasteiger partial charge in [-0.05, 0) is 187 Å². The number of benzene rings is 3. The Morgan fingerprint density at radius 1 is 0.961 bits per heavy atom. The van der Waals surface area contributed by atoms with E-state index >= 15 is 4.79 Å². The van der Waals surface area contributed by atoms with Gasteiger partial charge in [0.15, 0.2) is 17.3 Å². The summed E-state index contributed by atoms with van der Waals surface area (Å²) < 4.78 is 5.58. The third-order valence-electron chi connectivity index (χ3n) is 20.0. The number of nitrogens with one attached hydrogen (secondary N) is 4. The minimum absolute atomic E-state index is 0.00614. The SMILES string of the molecule is CCNCC1C2c3[nH]ccc3C3CC(=O)CC4NCC(C(CCO)C1C1CCC5(C#CC(CC(O)C(O)CC(C6=C(CC)CNC(N)=C6)c6ccc7ccccc7c6)c6cc(O)c(OC)cc6CCC5=O)C(O)C1)C2C43. The molecule has 1 saturated heterocycles. The number of Topliss-reactive ketones (excluding diaryl/α,β-unsaturated/α-hetero) is 2. The number of dihydropyridines is 1. The van der Waals surface area contributed by atoms with Crippen molar-refractivity contribution in [2.24, 2.45) is 52.6 Å². The first-order chi connectivity index (χ1) is 36.9. The highest BCUT2D eigenvalue weighted by Gasteiger charge is 2.63. The summed E-state index contributed by atoms with van der Waals surface area (Å²) in [6.45, 7) is 7.27. The first-order valence-corrected chi connectivity index (χ1v) is 28.5. The summed E-state index contributed by atoms with van der Waals surface area (Å²) >= 11 is 0. The Kier molecular flexibility index (Phi) is 15.1. The Balaban J connectivity index is 0.916. The molecule has 76 heavy (non-hydrogen) atoms. The average molecular weight is 1030 g/mol. The van der Waals surface area contributed by atoms with E-state index in [0.29, 0.717) is 80.5 Å². The average Bonchev–Trinajstić information content (AvgIpc) is 4.08. The van der Waals surface area contributed by atoms with Gasteiger partial charge in [0.2, 0.25) is 0 Å². The number of H-pyrrole nitrogens is 1. The Bertz CT molecular complexity index is 2950. The molecule has 0 amide bonds. The zero-order valence-electron chi connectivity index (χ0n) is 44.4. The first kappa shape index (κ1) is 52.6. The Morgan fingerprint density at radius 2 is 1.79 bits per heavy atom. The normalized spacial score (nSPS) is 33.0. The number of methoxy groups -OCH3 is 1. The van der Waals surface area contributed by atoms with Crippen molar-refractivity contribution in [2.45, 2.75) is 133 Å². The van der Waals surface area contributed by atoms with Crippen LogP contribution in [0.3, 0.4) is 0 Å². The number of ketones is 2. The molecule has 5 aliphatic carbocycles. The van der Waals surface area contributed by atoms with Crippen molar-refractivity contribution in [1.29, 1.82) is 0 Å². The highest BCUT2D eigenvalue weighted by atomic mass is 16.5. The van der Waals surface area contributed by atoms with Gasteiger partial charge in [0.1, 0.15) is 11.2 Å². The molecule has 11 rings (SSSR count). The van der Waals surface area contributed by atoms with Crippen LogP contribution in [0.2, 0.25) is 0 Å². The quantitative estimate of drug-likeness (QED) is 0.0547. The molecule has 4 aromatic rings. The maximum atomic E-state index is 15.0. The van der Waals surface area contributed by atoms with Crippen molar-refractivity contribution in [1.82, 2.24) is 20.9 Å². The van der Waals surface area contributed by atoms with Gasteiger partial charge in [-0.25, -0.2) is 0 Å². The summed E-state index contributed by atoms with van der Waals surface area (Å²) in [6, 6.07) is 20.2. The molecule has 0 bridgehead atoms. The molecular formula is C63H79N5O8. The molecule has 16 unspecified atom stereocenters. The number of nitrogens with two attached hydrogens (primary N) is 1. The van der Waals surface area contributed by atoms with Crippen LogP contribution in [0.1, 0.15) is 130 Å². The topological polar surface area (TPSA) is 222 Å². The summed E-state index contributed by atoms with van der Waals surface area (Å²) in [5.74, 6) is 8.64. The molecular weight excluding hydrogens is 955 g/mol. The number of ether oxygens (including phenoxy) is 1. The minimum atomic E-state index is -1.38. The lowest BCUT2D eigenvalue weighted by Crippen LogP contribution is -2.65. The first-order valence-electron chi connectivity index (χ1n) is 28.5. The fourth-order valence-electron chi connectivity index (χ4n) is 16.5. The molecule has 4 fully saturated rings. The van der Waals surface area contributed by atoms with E-state index in [1.54, 1.807) is 12.1 Å². The zero-order chi connectivity index (χ0) is 53.0. The van der Waals surface area contributed by atoms with E-state index in [1.807, 2.05) is 18.2 Å². The minimum Gasteiger partial charge on any atom is -0.504 e. The molecule has 13 nitrogen and oxygen atoms in total. The summed E-state index contributed by atoms with van der Waals surface area (Å²) in [6.07, 6.45) is 5.05. The van der Waals surface area contributed by atoms with Crippen LogP contribution < -0.4 is 26.4 Å². The standard InChI is InChI=1S/C63H79N5O8/c1-4-34-31-68-57(64)30-46(34)45(37-11-10-35-8-6-7-9-36(35)22-37)29-52(72)51(71)23-39-14-18-63(55(74)13-12-38-24-54(76-3)53(73)28-44(38)39)19-15-40(25-56(63)75)58-42(17-21-69)48-33-67-50-27-41(70)26-47-43-16-20-66-62(43)61(60(48)59(47)50)49(58)32-65-5-2/h6-11,16,20,22,24,28,30,39-40,42,45,47-52,56,58-61,65-69,71-73,75H,4-5,12-13,15,17,19,21,23,25-27,29,31-33,64H2,1-3H3. The highest BCUT2D eigenvalue weighted by Crippen LogP contribution is 2.65. The lowest BCUT2D eigenvalue weighted by molar-refractivity contribution is -0.141. The second-order valence-corrected chi connectivity index (χ2v) is 23.6. The molecule has 3 aromatic carbocycles. The van der Waals surface area contributed by atoms with E-state index in [0.717, 1.165) is 53.5 Å². The van der Waals surface area contributed by atoms with E-state index in [-0.39, 0.29) is 96.5 Å². The van der Waals surface area contributed by atoms with Crippen LogP contribution in [-0.4, -0.2) is 106 Å². The summed E-state index contributed by atoms with van der Waals surface area (Å²) in [4.78, 5) is 32.0. The summed E-state index contributed by atoms with van der Waals surface area (Å²) in [5.41, 5.74) is 12.2. The van der Waals surface area contributed by atoms with Crippen molar-refractivity contribution < 1.29 is 39.9 Å². The third kappa shape index (κ3) is 9.38. The molecule has 16 atom stereocenters. The lowest BCUT2D eigenvalue weighted by Gasteiger charge is -2.64. The van der Waals surface area contributed by atoms with Crippen molar-refractivity contribution in [3.05, 3.63) is 118 Å². The number of fused-ring (bicyclic) bond motifs is 5. The van der Waals surface area contributed by atoms with Crippen LogP contribution in [0.25, 0.3) is 10.8 Å². The van der Waals surface area contributed by atoms with Crippen LogP contribution in [0, 0.1) is 58.7 Å². The highest BCUT2D eigenvalue weighted by molar-refractivity contribution is 5.89. The van der Waals surface area contributed by atoms with Crippen LogP contribution in [-0.2, 0) is 16.0 Å². The third-order valence-corrected chi connectivity index (χ3v) is 20.0. The van der Waals surface area contributed by atoms with E-state index in [4.69, 9.17) is 10.5 Å². The van der Waals surface area contributed by atoms with Gasteiger partial charge in [0.05, 0.1) is 31.2 Å². The fraction of sp³-hybridized carbons (Fsp3) is 0.556. The van der Waals surface area contributed by atoms with Gasteiger partial charge < -0.3 is 56.9 Å². The van der Waals surface area contributed by atoms with Gasteiger partial charge in [-0.15, -0.1) is 0 Å². The monoisotopic (exact) mass is 1030 g/mol. The van der Waals surface area contributed by atoms with Crippen molar-refractivity contribution in [3.63, 3.8) is 0 Å². The molecule has 2 aliphatic heterocycles. The fourth-order valence-corrected chi connectivity index (χ4v) is 16.5. The number of aryl methyl sites for hydroxylation is 1. The van der Waals surface area contributed by atoms with Gasteiger partial charge in [-0.3, -0.25) is 9.59 Å². The number of aromatic amines is 1. The van der Waals surface area contributed by atoms with E-state index in [9.17, 15) is 30.3 Å². The molecule has 1 aromatic heterocycles. The Morgan fingerprint density at radius 3 is 2.57 bits per heavy atom. The lowest BCUT2D eigenvalue weighted by atomic mass is 9.43. The van der Waals surface area contributed by atoms with Crippen LogP contribution in [0.5, 0.6) is 11.5 Å². The molecule has 11 N–H and O–H groups in total.